The van der Waals surface area contributed by atoms with Crippen LogP contribution in [0.1, 0.15) is 12.5 Å². The van der Waals surface area contributed by atoms with Crippen LogP contribution in [0.3, 0.4) is 0 Å². The summed E-state index contributed by atoms with van der Waals surface area (Å²) in [6, 6.07) is 6.29. The Hall–Kier alpha value is -0.890. The van der Waals surface area contributed by atoms with Crippen LogP contribution in [0.4, 0.5) is 0 Å². The SMILES string of the molecule is O=C1CC(n2c(=S)[nH]c3cc(I)ccc32)CN1. The molecule has 1 fully saturated rings. The average molecular weight is 359 g/mol. The molecule has 0 spiro atoms. The van der Waals surface area contributed by atoms with E-state index in [2.05, 4.69) is 39.0 Å². The number of fused-ring (bicyclic) bond motifs is 1. The fraction of sp³-hybridized carbons (Fsp3) is 0.273. The summed E-state index contributed by atoms with van der Waals surface area (Å²) in [5, 5.41) is 2.84. The van der Waals surface area contributed by atoms with Gasteiger partial charge in [-0.05, 0) is 53.0 Å². The molecule has 88 valence electrons. The van der Waals surface area contributed by atoms with Crippen LogP contribution in [0, 0.1) is 8.34 Å². The van der Waals surface area contributed by atoms with Gasteiger partial charge in [-0.2, -0.15) is 0 Å². The van der Waals surface area contributed by atoms with Crippen molar-refractivity contribution in [3.8, 4) is 0 Å². The molecule has 0 saturated carbocycles. The first-order chi connectivity index (χ1) is 8.15. The second-order valence-electron chi connectivity index (χ2n) is 4.12. The van der Waals surface area contributed by atoms with E-state index in [0.717, 1.165) is 11.0 Å². The van der Waals surface area contributed by atoms with Crippen molar-refractivity contribution in [2.45, 2.75) is 12.5 Å². The lowest BCUT2D eigenvalue weighted by atomic mass is 10.2. The lowest BCUT2D eigenvalue weighted by molar-refractivity contribution is -0.119. The van der Waals surface area contributed by atoms with Crippen molar-refractivity contribution in [2.24, 2.45) is 0 Å². The molecular formula is C11H10IN3OS. The molecular weight excluding hydrogens is 349 g/mol. The molecule has 6 heteroatoms. The fourth-order valence-electron chi connectivity index (χ4n) is 2.24. The Bertz CT molecular complexity index is 660. The molecule has 1 unspecified atom stereocenters. The van der Waals surface area contributed by atoms with Crippen LogP contribution in [-0.4, -0.2) is 22.0 Å². The van der Waals surface area contributed by atoms with E-state index in [4.69, 9.17) is 12.2 Å². The smallest absolute Gasteiger partial charge is 0.222 e. The van der Waals surface area contributed by atoms with E-state index in [0.29, 0.717) is 17.7 Å². The number of carbonyl (C=O) groups excluding carboxylic acids is 1. The molecule has 1 aromatic heterocycles. The van der Waals surface area contributed by atoms with Gasteiger partial charge < -0.3 is 14.9 Å². The molecule has 0 radical (unpaired) electrons. The molecule has 2 N–H and O–H groups in total. The van der Waals surface area contributed by atoms with Crippen molar-refractivity contribution in [3.05, 3.63) is 26.5 Å². The first-order valence-electron chi connectivity index (χ1n) is 5.31. The molecule has 2 aromatic rings. The number of imidazole rings is 1. The Morgan fingerprint density at radius 3 is 3.00 bits per heavy atom. The standard InChI is InChI=1S/C11H10IN3OS/c12-6-1-2-9-8(3-6)14-11(17)15(9)7-4-10(16)13-5-7/h1-3,7H,4-5H2,(H,13,16)(H,14,17). The molecule has 0 bridgehead atoms. The Morgan fingerprint density at radius 1 is 1.47 bits per heavy atom. The number of halogens is 1. The molecule has 17 heavy (non-hydrogen) atoms. The van der Waals surface area contributed by atoms with Gasteiger partial charge in [0.2, 0.25) is 5.91 Å². The lowest BCUT2D eigenvalue weighted by Crippen LogP contribution is -2.15. The number of aromatic amines is 1. The number of hydrogen-bond acceptors (Lipinski definition) is 2. The Morgan fingerprint density at radius 2 is 2.29 bits per heavy atom. The van der Waals surface area contributed by atoms with E-state index >= 15 is 0 Å². The largest absolute Gasteiger partial charge is 0.354 e. The highest BCUT2D eigenvalue weighted by atomic mass is 127. The van der Waals surface area contributed by atoms with Crippen molar-refractivity contribution in [1.29, 1.82) is 0 Å². The number of aromatic nitrogens is 2. The van der Waals surface area contributed by atoms with E-state index < -0.39 is 0 Å². The van der Waals surface area contributed by atoms with Gasteiger partial charge >= 0.3 is 0 Å². The second-order valence-corrected chi connectivity index (χ2v) is 5.76. The molecule has 1 aliphatic heterocycles. The number of H-pyrrole nitrogens is 1. The summed E-state index contributed by atoms with van der Waals surface area (Å²) in [7, 11) is 0. The van der Waals surface area contributed by atoms with Crippen LogP contribution < -0.4 is 5.32 Å². The van der Waals surface area contributed by atoms with Crippen LogP contribution >= 0.6 is 34.8 Å². The number of nitrogens with one attached hydrogen (secondary N) is 2. The van der Waals surface area contributed by atoms with Crippen molar-refractivity contribution < 1.29 is 4.79 Å². The Balaban J connectivity index is 2.19. The number of amides is 1. The number of benzene rings is 1. The number of rotatable bonds is 1. The average Bonchev–Trinajstić information content (AvgIpc) is 2.80. The molecule has 4 nitrogen and oxygen atoms in total. The van der Waals surface area contributed by atoms with Crippen molar-refractivity contribution in [2.75, 3.05) is 6.54 Å². The summed E-state index contributed by atoms with van der Waals surface area (Å²) in [5.74, 6) is 0.0942. The predicted molar refractivity (Wildman–Crippen MR) is 76.5 cm³/mol. The third kappa shape index (κ3) is 1.89. The van der Waals surface area contributed by atoms with Gasteiger partial charge in [0.1, 0.15) is 0 Å². The van der Waals surface area contributed by atoms with Crippen molar-refractivity contribution in [3.63, 3.8) is 0 Å². The predicted octanol–water partition coefficient (Wildman–Crippen LogP) is 2.36. The van der Waals surface area contributed by atoms with Crippen molar-refractivity contribution >= 4 is 51.7 Å². The molecule has 3 rings (SSSR count). The highest BCUT2D eigenvalue weighted by molar-refractivity contribution is 14.1. The van der Waals surface area contributed by atoms with Gasteiger partial charge in [-0.3, -0.25) is 4.79 Å². The summed E-state index contributed by atoms with van der Waals surface area (Å²) >= 11 is 7.61. The zero-order chi connectivity index (χ0) is 12.0. The van der Waals surface area contributed by atoms with Gasteiger partial charge in [-0.25, -0.2) is 0 Å². The van der Waals surface area contributed by atoms with Crippen LogP contribution in [0.15, 0.2) is 18.2 Å². The minimum atomic E-state index is 0.0942. The molecule has 1 amide bonds. The Labute approximate surface area is 117 Å². The summed E-state index contributed by atoms with van der Waals surface area (Å²) < 4.78 is 3.89. The quantitative estimate of drug-likeness (QED) is 0.607. The first-order valence-corrected chi connectivity index (χ1v) is 6.80. The summed E-state index contributed by atoms with van der Waals surface area (Å²) in [4.78, 5) is 14.5. The van der Waals surface area contributed by atoms with E-state index in [1.807, 2.05) is 16.7 Å². The monoisotopic (exact) mass is 359 g/mol. The van der Waals surface area contributed by atoms with Gasteiger partial charge in [0.25, 0.3) is 0 Å². The zero-order valence-corrected chi connectivity index (χ0v) is 11.8. The highest BCUT2D eigenvalue weighted by Gasteiger charge is 2.24. The third-order valence-corrected chi connectivity index (χ3v) is 3.97. The van der Waals surface area contributed by atoms with Gasteiger partial charge in [-0.15, -0.1) is 0 Å². The maximum Gasteiger partial charge on any atom is 0.222 e. The second kappa shape index (κ2) is 4.09. The third-order valence-electron chi connectivity index (χ3n) is 3.00. The molecule has 2 heterocycles. The van der Waals surface area contributed by atoms with Crippen LogP contribution in [0.25, 0.3) is 11.0 Å². The van der Waals surface area contributed by atoms with Crippen LogP contribution in [0.5, 0.6) is 0 Å². The van der Waals surface area contributed by atoms with Gasteiger partial charge in [0.05, 0.1) is 17.1 Å². The number of hydrogen-bond donors (Lipinski definition) is 2. The minimum Gasteiger partial charge on any atom is -0.354 e. The maximum atomic E-state index is 11.3. The number of carbonyl (C=O) groups is 1. The highest BCUT2D eigenvalue weighted by Crippen LogP contribution is 2.24. The van der Waals surface area contributed by atoms with Crippen LogP contribution in [-0.2, 0) is 4.79 Å². The van der Waals surface area contributed by atoms with E-state index in [9.17, 15) is 4.79 Å². The van der Waals surface area contributed by atoms with Gasteiger partial charge in [-0.1, -0.05) is 0 Å². The normalized spacial score (nSPS) is 19.8. The zero-order valence-electron chi connectivity index (χ0n) is 8.87. The van der Waals surface area contributed by atoms with Gasteiger partial charge in [0.15, 0.2) is 4.77 Å². The van der Waals surface area contributed by atoms with Crippen molar-refractivity contribution in [1.82, 2.24) is 14.9 Å². The van der Waals surface area contributed by atoms with Crippen LogP contribution in [0.2, 0.25) is 0 Å². The summed E-state index contributed by atoms with van der Waals surface area (Å²) in [6.07, 6.45) is 0.507. The number of nitrogens with zero attached hydrogens (tertiary/aromatic N) is 1. The van der Waals surface area contributed by atoms with E-state index in [-0.39, 0.29) is 11.9 Å². The molecule has 0 aliphatic carbocycles. The van der Waals surface area contributed by atoms with E-state index in [1.165, 1.54) is 3.57 Å². The summed E-state index contributed by atoms with van der Waals surface area (Å²) in [6.45, 7) is 0.659. The van der Waals surface area contributed by atoms with Gasteiger partial charge in [0, 0.05) is 16.5 Å². The first kappa shape index (κ1) is 11.2. The Kier molecular flexibility index (Phi) is 2.70. The topological polar surface area (TPSA) is 49.8 Å². The summed E-state index contributed by atoms with van der Waals surface area (Å²) in [5.41, 5.74) is 2.10. The van der Waals surface area contributed by atoms with E-state index in [1.54, 1.807) is 0 Å². The fourth-order valence-corrected chi connectivity index (χ4v) is 3.09. The molecule has 1 aromatic carbocycles. The molecule has 1 atom stereocenters. The lowest BCUT2D eigenvalue weighted by Gasteiger charge is -2.10. The molecule has 1 saturated heterocycles. The minimum absolute atomic E-state index is 0.0942. The maximum absolute atomic E-state index is 11.3. The molecule has 1 aliphatic rings.